The highest BCUT2D eigenvalue weighted by Crippen LogP contribution is 2.18. The van der Waals surface area contributed by atoms with Crippen molar-refractivity contribution in [3.8, 4) is 0 Å². The van der Waals surface area contributed by atoms with Crippen molar-refractivity contribution in [2.24, 2.45) is 0 Å². The van der Waals surface area contributed by atoms with E-state index in [4.69, 9.17) is 0 Å². The molecule has 2 amide bonds. The molecule has 2 aromatic rings. The lowest BCUT2D eigenvalue weighted by Gasteiger charge is -2.24. The lowest BCUT2D eigenvalue weighted by Crippen LogP contribution is -2.39. The van der Waals surface area contributed by atoms with Gasteiger partial charge in [0, 0.05) is 18.3 Å². The molecule has 0 saturated carbocycles. The molecule has 0 radical (unpaired) electrons. The molecule has 1 N–H and O–H groups in total. The highest BCUT2D eigenvalue weighted by molar-refractivity contribution is 5.89. The molecule has 1 aliphatic rings. The predicted molar refractivity (Wildman–Crippen MR) is 95.9 cm³/mol. The van der Waals surface area contributed by atoms with Crippen molar-refractivity contribution in [3.05, 3.63) is 60.2 Å². The smallest absolute Gasteiger partial charge is 0.314 e. The Morgan fingerprint density at radius 2 is 2.24 bits per heavy atom. The first-order valence-corrected chi connectivity index (χ1v) is 8.67. The first kappa shape index (κ1) is 17.2. The Labute approximate surface area is 147 Å². The SMILES string of the molecule is CCCCC1C=CCN1C(=O)Nc1cnn(Cc2ccccc2F)c1. The fourth-order valence-electron chi connectivity index (χ4n) is 2.98. The zero-order valence-corrected chi connectivity index (χ0v) is 14.4. The van der Waals surface area contributed by atoms with E-state index in [1.165, 1.54) is 6.07 Å². The molecule has 0 saturated heterocycles. The van der Waals surface area contributed by atoms with Crippen molar-refractivity contribution in [1.82, 2.24) is 14.7 Å². The summed E-state index contributed by atoms with van der Waals surface area (Å²) in [6.07, 6.45) is 10.6. The summed E-state index contributed by atoms with van der Waals surface area (Å²) < 4.78 is 15.3. The number of unbranched alkanes of at least 4 members (excludes halogenated alkanes) is 1. The molecule has 1 aromatic carbocycles. The van der Waals surface area contributed by atoms with Gasteiger partial charge in [-0.3, -0.25) is 4.68 Å². The number of urea groups is 1. The second-order valence-electron chi connectivity index (χ2n) is 6.24. The number of benzene rings is 1. The molecule has 5 nitrogen and oxygen atoms in total. The van der Waals surface area contributed by atoms with Crippen LogP contribution in [0.3, 0.4) is 0 Å². The molecule has 2 heterocycles. The Balaban J connectivity index is 1.59. The minimum Gasteiger partial charge on any atom is -0.314 e. The maximum Gasteiger partial charge on any atom is 0.322 e. The lowest BCUT2D eigenvalue weighted by atomic mass is 10.1. The van der Waals surface area contributed by atoms with E-state index in [-0.39, 0.29) is 17.9 Å². The van der Waals surface area contributed by atoms with Crippen molar-refractivity contribution in [3.63, 3.8) is 0 Å². The zero-order chi connectivity index (χ0) is 17.6. The fourth-order valence-corrected chi connectivity index (χ4v) is 2.98. The van der Waals surface area contributed by atoms with Crippen LogP contribution in [-0.2, 0) is 6.54 Å². The van der Waals surface area contributed by atoms with Crippen molar-refractivity contribution in [2.45, 2.75) is 38.8 Å². The lowest BCUT2D eigenvalue weighted by molar-refractivity contribution is 0.208. The molecule has 132 valence electrons. The second-order valence-corrected chi connectivity index (χ2v) is 6.24. The number of aromatic nitrogens is 2. The summed E-state index contributed by atoms with van der Waals surface area (Å²) in [4.78, 5) is 14.3. The van der Waals surface area contributed by atoms with E-state index in [0.717, 1.165) is 19.3 Å². The van der Waals surface area contributed by atoms with E-state index in [0.29, 0.717) is 24.3 Å². The van der Waals surface area contributed by atoms with Gasteiger partial charge in [-0.2, -0.15) is 5.10 Å². The minimum atomic E-state index is -0.259. The molecule has 25 heavy (non-hydrogen) atoms. The molecular formula is C19H23FN4O. The summed E-state index contributed by atoms with van der Waals surface area (Å²) in [5, 5.41) is 7.08. The van der Waals surface area contributed by atoms with Gasteiger partial charge in [-0.25, -0.2) is 9.18 Å². The normalized spacial score (nSPS) is 16.4. The summed E-state index contributed by atoms with van der Waals surface area (Å²) in [5.74, 6) is -0.259. The third-order valence-electron chi connectivity index (χ3n) is 4.35. The van der Waals surface area contributed by atoms with E-state index in [1.54, 1.807) is 35.3 Å². The van der Waals surface area contributed by atoms with Gasteiger partial charge in [0.15, 0.2) is 0 Å². The van der Waals surface area contributed by atoms with E-state index in [9.17, 15) is 9.18 Å². The summed E-state index contributed by atoms with van der Waals surface area (Å²) in [6.45, 7) is 3.10. The Bertz CT molecular complexity index is 755. The van der Waals surface area contributed by atoms with Gasteiger partial charge in [0.05, 0.1) is 24.5 Å². The van der Waals surface area contributed by atoms with Crippen LogP contribution in [-0.4, -0.2) is 33.3 Å². The fraction of sp³-hybridized carbons (Fsp3) is 0.368. The van der Waals surface area contributed by atoms with E-state index < -0.39 is 0 Å². The molecule has 0 aliphatic carbocycles. The number of hydrogen-bond acceptors (Lipinski definition) is 2. The van der Waals surface area contributed by atoms with Crippen LogP contribution >= 0.6 is 0 Å². The molecule has 1 aliphatic heterocycles. The summed E-state index contributed by atoms with van der Waals surface area (Å²) in [5.41, 5.74) is 1.18. The van der Waals surface area contributed by atoms with Crippen LogP contribution < -0.4 is 5.32 Å². The van der Waals surface area contributed by atoms with E-state index in [2.05, 4.69) is 23.4 Å². The zero-order valence-electron chi connectivity index (χ0n) is 14.4. The van der Waals surface area contributed by atoms with Gasteiger partial charge in [0.25, 0.3) is 0 Å². The first-order chi connectivity index (χ1) is 12.2. The number of carbonyl (C=O) groups excluding carboxylic acids is 1. The van der Waals surface area contributed by atoms with Crippen LogP contribution in [0.5, 0.6) is 0 Å². The Hall–Kier alpha value is -2.63. The van der Waals surface area contributed by atoms with E-state index >= 15 is 0 Å². The highest BCUT2D eigenvalue weighted by Gasteiger charge is 2.24. The highest BCUT2D eigenvalue weighted by atomic mass is 19.1. The Morgan fingerprint density at radius 1 is 1.40 bits per heavy atom. The standard InChI is InChI=1S/C19H23FN4O/c1-2-3-8-17-9-6-11-24(17)19(25)22-16-12-21-23(14-16)13-15-7-4-5-10-18(15)20/h4-7,9-10,12,14,17H,2-3,8,11,13H2,1H3,(H,22,25). The van der Waals surface area contributed by atoms with Crippen LogP contribution in [0.25, 0.3) is 0 Å². The van der Waals surface area contributed by atoms with Crippen LogP contribution in [0, 0.1) is 5.82 Å². The van der Waals surface area contributed by atoms with Gasteiger partial charge in [0.1, 0.15) is 5.82 Å². The molecule has 1 unspecified atom stereocenters. The van der Waals surface area contributed by atoms with Crippen LogP contribution in [0.4, 0.5) is 14.9 Å². The average molecular weight is 342 g/mol. The molecule has 0 spiro atoms. The van der Waals surface area contributed by atoms with Gasteiger partial charge in [-0.05, 0) is 12.5 Å². The van der Waals surface area contributed by atoms with Crippen molar-refractivity contribution < 1.29 is 9.18 Å². The van der Waals surface area contributed by atoms with Gasteiger partial charge < -0.3 is 10.2 Å². The Morgan fingerprint density at radius 3 is 3.04 bits per heavy atom. The number of rotatable bonds is 6. The summed E-state index contributed by atoms with van der Waals surface area (Å²) >= 11 is 0. The number of nitrogens with zero attached hydrogens (tertiary/aromatic N) is 3. The minimum absolute atomic E-state index is 0.128. The number of carbonyl (C=O) groups is 1. The third-order valence-corrected chi connectivity index (χ3v) is 4.35. The molecule has 0 bridgehead atoms. The van der Waals surface area contributed by atoms with E-state index in [1.807, 2.05) is 11.0 Å². The number of amides is 2. The quantitative estimate of drug-likeness (QED) is 0.806. The molecular weight excluding hydrogens is 319 g/mol. The van der Waals surface area contributed by atoms with Crippen molar-refractivity contribution in [1.29, 1.82) is 0 Å². The van der Waals surface area contributed by atoms with Crippen LogP contribution in [0.1, 0.15) is 31.7 Å². The average Bonchev–Trinajstić information content (AvgIpc) is 3.24. The number of nitrogens with one attached hydrogen (secondary N) is 1. The van der Waals surface area contributed by atoms with Crippen molar-refractivity contribution in [2.75, 3.05) is 11.9 Å². The van der Waals surface area contributed by atoms with Gasteiger partial charge in [-0.1, -0.05) is 50.1 Å². The van der Waals surface area contributed by atoms with Crippen molar-refractivity contribution >= 4 is 11.7 Å². The Kier molecular flexibility index (Phi) is 5.48. The molecule has 1 aromatic heterocycles. The second kappa shape index (κ2) is 7.96. The molecule has 1 atom stereocenters. The van der Waals surface area contributed by atoms with Crippen LogP contribution in [0.15, 0.2) is 48.8 Å². The molecule has 3 rings (SSSR count). The number of hydrogen-bond donors (Lipinski definition) is 1. The number of halogens is 1. The van der Waals surface area contributed by atoms with Gasteiger partial charge >= 0.3 is 6.03 Å². The third kappa shape index (κ3) is 4.26. The largest absolute Gasteiger partial charge is 0.322 e. The monoisotopic (exact) mass is 342 g/mol. The van der Waals surface area contributed by atoms with Gasteiger partial charge in [-0.15, -0.1) is 0 Å². The maximum atomic E-state index is 13.7. The first-order valence-electron chi connectivity index (χ1n) is 8.67. The maximum absolute atomic E-state index is 13.7. The summed E-state index contributed by atoms with van der Waals surface area (Å²) in [6, 6.07) is 6.64. The summed E-state index contributed by atoms with van der Waals surface area (Å²) in [7, 11) is 0. The van der Waals surface area contributed by atoms with Crippen LogP contribution in [0.2, 0.25) is 0 Å². The number of anilines is 1. The van der Waals surface area contributed by atoms with Gasteiger partial charge in [0.2, 0.25) is 0 Å². The topological polar surface area (TPSA) is 50.2 Å². The molecule has 6 heteroatoms. The molecule has 0 fully saturated rings. The predicted octanol–water partition coefficient (Wildman–Crippen LogP) is 4.03.